The summed E-state index contributed by atoms with van der Waals surface area (Å²) in [7, 11) is 1.49. The predicted octanol–water partition coefficient (Wildman–Crippen LogP) is 5.99. The first-order valence-electron chi connectivity index (χ1n) is 12.7. The number of piperidine rings is 2. The molecule has 1 amide bonds. The minimum absolute atomic E-state index is 0.00342. The third-order valence-electron chi connectivity index (χ3n) is 8.23. The van der Waals surface area contributed by atoms with E-state index < -0.39 is 11.4 Å². The summed E-state index contributed by atoms with van der Waals surface area (Å²) in [6, 6.07) is 20.7. The summed E-state index contributed by atoms with van der Waals surface area (Å²) in [5, 5.41) is 11.6. The molecule has 2 heterocycles. The molecule has 3 aromatic rings. The van der Waals surface area contributed by atoms with E-state index in [1.165, 1.54) is 35.4 Å². The number of halogens is 1. The molecule has 3 aromatic carbocycles. The third kappa shape index (κ3) is 3.75. The number of rotatable bonds is 4. The van der Waals surface area contributed by atoms with Crippen LogP contribution in [-0.2, 0) is 10.3 Å². The van der Waals surface area contributed by atoms with Crippen LogP contribution in [0, 0.1) is 5.82 Å². The van der Waals surface area contributed by atoms with Gasteiger partial charge in [-0.25, -0.2) is 9.18 Å². The maximum Gasteiger partial charge on any atom is 0.410 e. The number of methoxy groups -OCH3 is 1. The largest absolute Gasteiger partial charge is 0.497 e. The molecular weight excluding hydrogens is 457 g/mol. The van der Waals surface area contributed by atoms with Crippen LogP contribution in [0.25, 0.3) is 11.1 Å². The van der Waals surface area contributed by atoms with E-state index in [0.29, 0.717) is 5.75 Å². The Hall–Kier alpha value is -3.38. The Morgan fingerprint density at radius 1 is 1.00 bits per heavy atom. The highest BCUT2D eigenvalue weighted by Gasteiger charge is 2.49. The Balaban J connectivity index is 1.20. The second kappa shape index (κ2) is 8.93. The van der Waals surface area contributed by atoms with Gasteiger partial charge < -0.3 is 19.5 Å². The van der Waals surface area contributed by atoms with E-state index in [-0.39, 0.29) is 49.1 Å². The molecule has 2 fully saturated rings. The van der Waals surface area contributed by atoms with Crippen molar-refractivity contribution in [3.8, 4) is 16.9 Å². The van der Waals surface area contributed by atoms with Gasteiger partial charge in [-0.2, -0.15) is 0 Å². The van der Waals surface area contributed by atoms with E-state index in [9.17, 15) is 14.3 Å². The number of fused-ring (bicyclic) bond motifs is 5. The van der Waals surface area contributed by atoms with Crippen LogP contribution >= 0.6 is 0 Å². The minimum Gasteiger partial charge on any atom is -0.497 e. The molecule has 2 bridgehead atoms. The lowest BCUT2D eigenvalue weighted by Gasteiger charge is -2.51. The maximum absolute atomic E-state index is 14.9. The van der Waals surface area contributed by atoms with Crippen molar-refractivity contribution in [3.05, 3.63) is 89.2 Å². The van der Waals surface area contributed by atoms with Crippen molar-refractivity contribution in [2.24, 2.45) is 0 Å². The van der Waals surface area contributed by atoms with Crippen LogP contribution in [0.1, 0.15) is 54.7 Å². The number of carbonyl (C=O) groups excluding carboxylic acids is 1. The molecule has 2 saturated heterocycles. The Kier molecular flexibility index (Phi) is 5.72. The molecule has 2 atom stereocenters. The first-order valence-corrected chi connectivity index (χ1v) is 12.7. The zero-order chi connectivity index (χ0) is 24.9. The number of amides is 1. The van der Waals surface area contributed by atoms with Crippen LogP contribution in [0.3, 0.4) is 0 Å². The van der Waals surface area contributed by atoms with Crippen molar-refractivity contribution in [2.75, 3.05) is 13.7 Å². The van der Waals surface area contributed by atoms with Gasteiger partial charge in [0.2, 0.25) is 0 Å². The lowest BCUT2D eigenvalue weighted by molar-refractivity contribution is -0.0906. The second-order valence-electron chi connectivity index (χ2n) is 10.2. The predicted molar refractivity (Wildman–Crippen MR) is 134 cm³/mol. The molecule has 0 aromatic heterocycles. The van der Waals surface area contributed by atoms with Crippen LogP contribution in [0.15, 0.2) is 66.7 Å². The zero-order valence-corrected chi connectivity index (χ0v) is 20.3. The average molecular weight is 488 g/mol. The quantitative estimate of drug-likeness (QED) is 0.491. The number of benzene rings is 3. The minimum atomic E-state index is -1.33. The van der Waals surface area contributed by atoms with Gasteiger partial charge in [0.05, 0.1) is 12.7 Å². The van der Waals surface area contributed by atoms with Gasteiger partial charge in [-0.3, -0.25) is 0 Å². The van der Waals surface area contributed by atoms with Crippen LogP contribution in [0.4, 0.5) is 9.18 Å². The fraction of sp³-hybridized carbons (Fsp3) is 0.367. The van der Waals surface area contributed by atoms with E-state index in [1.54, 1.807) is 12.1 Å². The number of hydrogen-bond acceptors (Lipinski definition) is 4. The molecule has 3 aliphatic rings. The number of nitrogens with zero attached hydrogens (tertiary/aromatic N) is 1. The Bertz CT molecular complexity index is 1250. The lowest BCUT2D eigenvalue weighted by atomic mass is 9.72. The normalized spacial score (nSPS) is 24.7. The molecule has 1 N–H and O–H groups in total. The van der Waals surface area contributed by atoms with Crippen molar-refractivity contribution < 1.29 is 23.8 Å². The molecule has 6 heteroatoms. The molecule has 186 valence electrons. The zero-order valence-electron chi connectivity index (χ0n) is 20.3. The molecule has 6 rings (SSSR count). The summed E-state index contributed by atoms with van der Waals surface area (Å²) in [6.45, 7) is 0.264. The first kappa shape index (κ1) is 23.0. The number of ether oxygens (including phenoxy) is 2. The number of hydrogen-bond donors (Lipinski definition) is 1. The molecule has 0 spiro atoms. The number of aliphatic hydroxyl groups is 1. The highest BCUT2D eigenvalue weighted by Crippen LogP contribution is 2.47. The standard InChI is InChI=1S/C30H30FNO4/c1-35-21-13-14-27(28(31)15-21)30(34)16-19-7-6-8-20(17-30)32(19)29(33)36-18-26-24-11-4-2-9-22(24)23-10-3-5-12-25(23)26/h2-5,9-15,19-20,26,34H,6-8,16-18H2,1H3. The van der Waals surface area contributed by atoms with E-state index >= 15 is 0 Å². The Morgan fingerprint density at radius 2 is 1.61 bits per heavy atom. The van der Waals surface area contributed by atoms with Crippen LogP contribution in [0.2, 0.25) is 0 Å². The fourth-order valence-corrected chi connectivity index (χ4v) is 6.62. The van der Waals surface area contributed by atoms with Crippen molar-refractivity contribution in [1.82, 2.24) is 4.90 Å². The summed E-state index contributed by atoms with van der Waals surface area (Å²) >= 11 is 0. The van der Waals surface area contributed by atoms with Crippen molar-refractivity contribution >= 4 is 6.09 Å². The monoisotopic (exact) mass is 487 g/mol. The summed E-state index contributed by atoms with van der Waals surface area (Å²) in [5.74, 6) is -0.0723. The Labute approximate surface area is 210 Å². The molecule has 36 heavy (non-hydrogen) atoms. The maximum atomic E-state index is 14.9. The van der Waals surface area contributed by atoms with Crippen molar-refractivity contribution in [1.29, 1.82) is 0 Å². The molecular formula is C30H30FNO4. The summed E-state index contributed by atoms with van der Waals surface area (Å²) in [6.07, 6.45) is 2.74. The fourth-order valence-electron chi connectivity index (χ4n) is 6.62. The summed E-state index contributed by atoms with van der Waals surface area (Å²) < 4.78 is 26.0. The highest BCUT2D eigenvalue weighted by atomic mass is 19.1. The summed E-state index contributed by atoms with van der Waals surface area (Å²) in [4.78, 5) is 15.2. The van der Waals surface area contributed by atoms with Crippen LogP contribution in [-0.4, -0.2) is 41.9 Å². The van der Waals surface area contributed by atoms with Crippen molar-refractivity contribution in [2.45, 2.75) is 55.7 Å². The molecule has 5 nitrogen and oxygen atoms in total. The lowest BCUT2D eigenvalue weighted by Crippen LogP contribution is -2.59. The van der Waals surface area contributed by atoms with Gasteiger partial charge in [-0.15, -0.1) is 0 Å². The SMILES string of the molecule is COc1ccc(C2(O)CC3CCCC(C2)N3C(=O)OCC2c3ccccc3-c3ccccc32)c(F)c1. The van der Waals surface area contributed by atoms with Gasteiger partial charge in [0.25, 0.3) is 0 Å². The average Bonchev–Trinajstić information content (AvgIpc) is 3.20. The van der Waals surface area contributed by atoms with Gasteiger partial charge in [0.1, 0.15) is 18.2 Å². The number of carbonyl (C=O) groups is 1. The van der Waals surface area contributed by atoms with Crippen molar-refractivity contribution in [3.63, 3.8) is 0 Å². The molecule has 0 saturated carbocycles. The molecule has 0 radical (unpaired) electrons. The third-order valence-corrected chi connectivity index (χ3v) is 8.23. The van der Waals surface area contributed by atoms with Gasteiger partial charge in [0, 0.05) is 42.5 Å². The smallest absolute Gasteiger partial charge is 0.410 e. The van der Waals surface area contributed by atoms with E-state index in [4.69, 9.17) is 9.47 Å². The topological polar surface area (TPSA) is 59.0 Å². The highest BCUT2D eigenvalue weighted by molar-refractivity contribution is 5.79. The van der Waals surface area contributed by atoms with E-state index in [1.807, 2.05) is 29.2 Å². The van der Waals surface area contributed by atoms with Crippen LogP contribution in [0.5, 0.6) is 5.75 Å². The molecule has 2 aliphatic heterocycles. The molecule has 2 unspecified atom stereocenters. The molecule has 1 aliphatic carbocycles. The Morgan fingerprint density at radius 3 is 2.19 bits per heavy atom. The van der Waals surface area contributed by atoms with E-state index in [2.05, 4.69) is 24.3 Å². The van der Waals surface area contributed by atoms with E-state index in [0.717, 1.165) is 19.3 Å². The van der Waals surface area contributed by atoms with Gasteiger partial charge >= 0.3 is 6.09 Å². The van der Waals surface area contributed by atoms with Crippen LogP contribution < -0.4 is 4.74 Å². The van der Waals surface area contributed by atoms with Gasteiger partial charge in [-0.05, 0) is 53.6 Å². The first-order chi connectivity index (χ1) is 17.5. The van der Waals surface area contributed by atoms with Gasteiger partial charge in [-0.1, -0.05) is 48.5 Å². The summed E-state index contributed by atoms with van der Waals surface area (Å²) in [5.41, 5.74) is 3.68. The van der Waals surface area contributed by atoms with Gasteiger partial charge in [0.15, 0.2) is 0 Å². The second-order valence-corrected chi connectivity index (χ2v) is 10.2.